The van der Waals surface area contributed by atoms with Gasteiger partial charge in [-0.05, 0) is 46.0 Å². The van der Waals surface area contributed by atoms with Crippen molar-refractivity contribution in [2.24, 2.45) is 0 Å². The number of nitrogens with zero attached hydrogens (tertiary/aromatic N) is 3. The molecule has 10 heteroatoms. The zero-order valence-corrected chi connectivity index (χ0v) is 19.1. The van der Waals surface area contributed by atoms with Crippen LogP contribution in [-0.2, 0) is 4.74 Å². The molecule has 0 radical (unpaired) electrons. The summed E-state index contributed by atoms with van der Waals surface area (Å²) in [5, 5.41) is 2.15. The Bertz CT molecular complexity index is 1220. The normalized spacial score (nSPS) is 16.5. The number of benzene rings is 1. The van der Waals surface area contributed by atoms with E-state index in [2.05, 4.69) is 15.1 Å². The van der Waals surface area contributed by atoms with Crippen LogP contribution >= 0.6 is 0 Å². The number of amides is 2. The largest absolute Gasteiger partial charge is 0.456 e. The van der Waals surface area contributed by atoms with Crippen LogP contribution in [0.3, 0.4) is 0 Å². The average molecular weight is 453 g/mol. The molecular weight excluding hydrogens is 426 g/mol. The molecule has 3 N–H and O–H groups in total. The zero-order chi connectivity index (χ0) is 24.1. The maximum Gasteiger partial charge on any atom is 0.340 e. The number of hydrogen-bond donors (Lipinski definition) is 2. The van der Waals surface area contributed by atoms with Gasteiger partial charge in [0.15, 0.2) is 0 Å². The Morgan fingerprint density at radius 3 is 2.33 bits per heavy atom. The molecule has 174 valence electrons. The van der Waals surface area contributed by atoms with E-state index < -0.39 is 28.9 Å². The summed E-state index contributed by atoms with van der Waals surface area (Å²) in [6.45, 7) is 8.51. The van der Waals surface area contributed by atoms with Crippen LogP contribution in [0.1, 0.15) is 51.8 Å². The highest BCUT2D eigenvalue weighted by Crippen LogP contribution is 2.29. The molecule has 2 aromatic rings. The van der Waals surface area contributed by atoms with Gasteiger partial charge in [-0.15, -0.1) is 0 Å². The fraction of sp³-hybridized carbons (Fsp3) is 0.391. The van der Waals surface area contributed by atoms with Crippen molar-refractivity contribution >= 4 is 29.3 Å². The third-order valence-corrected chi connectivity index (χ3v) is 5.66. The van der Waals surface area contributed by atoms with Gasteiger partial charge in [-0.1, -0.05) is 0 Å². The summed E-state index contributed by atoms with van der Waals surface area (Å²) >= 11 is 0. The smallest absolute Gasteiger partial charge is 0.340 e. The second-order valence-electron chi connectivity index (χ2n) is 9.27. The van der Waals surface area contributed by atoms with Gasteiger partial charge in [-0.2, -0.15) is 0 Å². The van der Waals surface area contributed by atoms with Gasteiger partial charge in [-0.3, -0.25) is 24.3 Å². The number of pyridine rings is 1. The Hall–Kier alpha value is -3.66. The highest BCUT2D eigenvalue weighted by Gasteiger charge is 2.33. The van der Waals surface area contributed by atoms with E-state index in [9.17, 15) is 19.2 Å². The Balaban J connectivity index is 1.90. The van der Waals surface area contributed by atoms with Crippen molar-refractivity contribution < 1.29 is 19.1 Å². The van der Waals surface area contributed by atoms with Crippen LogP contribution in [0.25, 0.3) is 5.69 Å². The molecular formula is C23H27N5O5. The second-order valence-corrected chi connectivity index (χ2v) is 9.27. The molecule has 10 nitrogen and oxygen atoms in total. The van der Waals surface area contributed by atoms with Crippen LogP contribution in [0, 0.1) is 0 Å². The van der Waals surface area contributed by atoms with Crippen LogP contribution < -0.4 is 21.5 Å². The first kappa shape index (κ1) is 22.5. The van der Waals surface area contributed by atoms with E-state index >= 15 is 0 Å². The molecule has 3 heterocycles. The van der Waals surface area contributed by atoms with E-state index in [1.807, 2.05) is 7.05 Å². The van der Waals surface area contributed by atoms with Crippen molar-refractivity contribution in [2.45, 2.75) is 26.4 Å². The molecule has 0 unspecified atom stereocenters. The molecule has 33 heavy (non-hydrogen) atoms. The first-order chi connectivity index (χ1) is 15.5. The SMILES string of the molecule is CN1CCN(c2ccc(C(=O)OC(C)(C)C)c(-n3c(N)c4c(cc3=O)C(=O)NC4=O)c2)CC1. The number of nitrogen functional groups attached to an aromatic ring is 1. The second kappa shape index (κ2) is 8.04. The molecule has 1 aromatic heterocycles. The number of rotatable bonds is 3. The topological polar surface area (TPSA) is 127 Å². The summed E-state index contributed by atoms with van der Waals surface area (Å²) in [6, 6.07) is 6.16. The van der Waals surface area contributed by atoms with E-state index in [0.717, 1.165) is 42.5 Å². The summed E-state index contributed by atoms with van der Waals surface area (Å²) < 4.78 is 6.64. The van der Waals surface area contributed by atoms with Crippen LogP contribution in [0.15, 0.2) is 29.1 Å². The first-order valence-electron chi connectivity index (χ1n) is 10.7. The third kappa shape index (κ3) is 4.21. The molecule has 0 aliphatic carbocycles. The number of piperazine rings is 1. The molecule has 2 aliphatic rings. The fourth-order valence-electron chi connectivity index (χ4n) is 4.00. The molecule has 1 fully saturated rings. The fourth-order valence-corrected chi connectivity index (χ4v) is 4.00. The summed E-state index contributed by atoms with van der Waals surface area (Å²) in [4.78, 5) is 54.8. The van der Waals surface area contributed by atoms with E-state index in [1.165, 1.54) is 0 Å². The minimum absolute atomic E-state index is 0.0761. The van der Waals surface area contributed by atoms with E-state index in [4.69, 9.17) is 10.5 Å². The first-order valence-corrected chi connectivity index (χ1v) is 10.7. The van der Waals surface area contributed by atoms with Gasteiger partial charge in [-0.25, -0.2) is 4.79 Å². The summed E-state index contributed by atoms with van der Waals surface area (Å²) in [5.74, 6) is -2.20. The lowest BCUT2D eigenvalue weighted by Crippen LogP contribution is -2.44. The zero-order valence-electron chi connectivity index (χ0n) is 19.1. The molecule has 2 aliphatic heterocycles. The van der Waals surface area contributed by atoms with Crippen molar-refractivity contribution in [3.63, 3.8) is 0 Å². The van der Waals surface area contributed by atoms with Gasteiger partial charge in [0.2, 0.25) is 0 Å². The van der Waals surface area contributed by atoms with Gasteiger partial charge in [0.05, 0.1) is 22.4 Å². The number of nitrogens with two attached hydrogens (primary N) is 1. The number of ether oxygens (including phenoxy) is 1. The number of fused-ring (bicyclic) bond motifs is 1. The quantitative estimate of drug-likeness (QED) is 0.521. The molecule has 0 bridgehead atoms. The van der Waals surface area contributed by atoms with Crippen molar-refractivity contribution in [1.29, 1.82) is 0 Å². The monoisotopic (exact) mass is 453 g/mol. The highest BCUT2D eigenvalue weighted by molar-refractivity contribution is 6.23. The maximum atomic E-state index is 13.1. The molecule has 2 amide bonds. The maximum absolute atomic E-state index is 13.1. The highest BCUT2D eigenvalue weighted by atomic mass is 16.6. The predicted octanol–water partition coefficient (Wildman–Crippen LogP) is 1.01. The third-order valence-electron chi connectivity index (χ3n) is 5.66. The number of esters is 1. The Morgan fingerprint density at radius 2 is 1.70 bits per heavy atom. The van der Waals surface area contributed by atoms with E-state index in [-0.39, 0.29) is 28.2 Å². The minimum Gasteiger partial charge on any atom is -0.456 e. The van der Waals surface area contributed by atoms with Crippen molar-refractivity contribution in [1.82, 2.24) is 14.8 Å². The number of hydrogen-bond acceptors (Lipinski definition) is 8. The summed E-state index contributed by atoms with van der Waals surface area (Å²) in [6.07, 6.45) is 0. The number of carbonyl (C=O) groups is 3. The van der Waals surface area contributed by atoms with Crippen LogP contribution in [0.5, 0.6) is 0 Å². The van der Waals surface area contributed by atoms with Crippen molar-refractivity contribution in [2.75, 3.05) is 43.9 Å². The van der Waals surface area contributed by atoms with E-state index in [1.54, 1.807) is 39.0 Å². The molecule has 0 atom stereocenters. The van der Waals surface area contributed by atoms with Crippen LogP contribution in [0.4, 0.5) is 11.5 Å². The number of imide groups is 1. The van der Waals surface area contributed by atoms with Gasteiger partial charge in [0.1, 0.15) is 11.4 Å². The summed E-state index contributed by atoms with van der Waals surface area (Å²) in [5.41, 5.74) is 5.82. The lowest BCUT2D eigenvalue weighted by Gasteiger charge is -2.34. The minimum atomic E-state index is -0.759. The van der Waals surface area contributed by atoms with Crippen molar-refractivity contribution in [3.8, 4) is 5.69 Å². The number of aromatic nitrogens is 1. The lowest BCUT2D eigenvalue weighted by atomic mass is 10.1. The van der Waals surface area contributed by atoms with Gasteiger partial charge >= 0.3 is 5.97 Å². The molecule has 0 spiro atoms. The molecule has 1 saturated heterocycles. The Morgan fingerprint density at radius 1 is 1.03 bits per heavy atom. The molecule has 4 rings (SSSR count). The average Bonchev–Trinajstić information content (AvgIpc) is 3.00. The lowest BCUT2D eigenvalue weighted by molar-refractivity contribution is 0.00694. The van der Waals surface area contributed by atoms with Gasteiger partial charge in [0, 0.05) is 37.9 Å². The van der Waals surface area contributed by atoms with Crippen LogP contribution in [0.2, 0.25) is 0 Å². The predicted molar refractivity (Wildman–Crippen MR) is 123 cm³/mol. The number of carbonyl (C=O) groups excluding carboxylic acids is 3. The standard InChI is InChI=1S/C23H27N5O5/c1-23(2,3)33-22(32)14-6-5-13(27-9-7-26(4)8-10-27)11-16(14)28-17(29)12-15-18(19(28)24)21(31)25-20(15)30/h5-6,11-12H,7-10,24H2,1-4H3,(H,25,30,31). The molecule has 0 saturated carbocycles. The summed E-state index contributed by atoms with van der Waals surface area (Å²) in [7, 11) is 2.05. The number of anilines is 2. The number of nitrogens with one attached hydrogen (secondary N) is 1. The Kier molecular flexibility index (Phi) is 5.49. The number of likely N-dealkylation sites (N-methyl/N-ethyl adjacent to an activating group) is 1. The van der Waals surface area contributed by atoms with Crippen molar-refractivity contribution in [3.05, 3.63) is 51.3 Å². The van der Waals surface area contributed by atoms with Gasteiger partial charge in [0.25, 0.3) is 17.4 Å². The van der Waals surface area contributed by atoms with E-state index in [0.29, 0.717) is 0 Å². The van der Waals surface area contributed by atoms with Gasteiger partial charge < -0.3 is 20.3 Å². The van der Waals surface area contributed by atoms with Crippen LogP contribution in [-0.4, -0.2) is 66.1 Å². The Labute approximate surface area is 190 Å². The molecule has 1 aromatic carbocycles.